The quantitative estimate of drug-likeness (QED) is 0.751. The summed E-state index contributed by atoms with van der Waals surface area (Å²) in [5, 5.41) is 8.16. The maximum atomic E-state index is 11.8. The van der Waals surface area contributed by atoms with E-state index in [0.717, 1.165) is 36.4 Å². The average molecular weight is 277 g/mol. The van der Waals surface area contributed by atoms with Crippen LogP contribution in [0.2, 0.25) is 0 Å². The van der Waals surface area contributed by atoms with Crippen molar-refractivity contribution < 1.29 is 4.79 Å². The summed E-state index contributed by atoms with van der Waals surface area (Å²) >= 11 is 1.52. The van der Waals surface area contributed by atoms with Gasteiger partial charge in [0.15, 0.2) is 0 Å². The molecule has 0 spiro atoms. The lowest BCUT2D eigenvalue weighted by Crippen LogP contribution is -2.32. The Labute approximate surface area is 113 Å². The van der Waals surface area contributed by atoms with Gasteiger partial charge >= 0.3 is 0 Å². The standard InChI is InChI=1S/C12H20N2OS.ClH/c1-3-6-13-7-8-14-12(15)11-10(4-2)5-9-16-11;/h5,9,13H,3-4,6-8H2,1-2H3,(H,14,15);1H. The molecule has 0 fully saturated rings. The highest BCUT2D eigenvalue weighted by atomic mass is 35.5. The fraction of sp³-hybridized carbons (Fsp3) is 0.583. The van der Waals surface area contributed by atoms with Crippen molar-refractivity contribution in [1.29, 1.82) is 0 Å². The van der Waals surface area contributed by atoms with Gasteiger partial charge in [-0.15, -0.1) is 23.7 Å². The van der Waals surface area contributed by atoms with Crippen LogP contribution in [0, 0.1) is 0 Å². The summed E-state index contributed by atoms with van der Waals surface area (Å²) in [6.45, 7) is 6.74. The molecule has 1 aromatic rings. The first-order valence-electron chi connectivity index (χ1n) is 5.84. The van der Waals surface area contributed by atoms with E-state index in [1.54, 1.807) is 0 Å². The highest BCUT2D eigenvalue weighted by molar-refractivity contribution is 7.12. The van der Waals surface area contributed by atoms with Crippen LogP contribution < -0.4 is 10.6 Å². The number of nitrogens with one attached hydrogen (secondary N) is 2. The highest BCUT2D eigenvalue weighted by Gasteiger charge is 2.10. The largest absolute Gasteiger partial charge is 0.350 e. The van der Waals surface area contributed by atoms with Gasteiger partial charge < -0.3 is 10.6 Å². The molecule has 0 unspecified atom stereocenters. The number of carbonyl (C=O) groups excluding carboxylic acids is 1. The predicted molar refractivity (Wildman–Crippen MR) is 76.4 cm³/mol. The molecule has 98 valence electrons. The summed E-state index contributed by atoms with van der Waals surface area (Å²) in [7, 11) is 0. The number of thiophene rings is 1. The second-order valence-electron chi connectivity index (χ2n) is 3.63. The SMILES string of the molecule is CCCNCCNC(=O)c1sccc1CC.Cl. The van der Waals surface area contributed by atoms with Crippen LogP contribution >= 0.6 is 23.7 Å². The topological polar surface area (TPSA) is 41.1 Å². The Bertz CT molecular complexity index is 328. The van der Waals surface area contributed by atoms with Crippen LogP contribution in [0.1, 0.15) is 35.5 Å². The molecule has 0 radical (unpaired) electrons. The molecule has 0 saturated heterocycles. The van der Waals surface area contributed by atoms with Crippen LogP contribution in [0.4, 0.5) is 0 Å². The monoisotopic (exact) mass is 276 g/mol. The van der Waals surface area contributed by atoms with E-state index in [1.165, 1.54) is 11.3 Å². The Kier molecular flexibility index (Phi) is 9.13. The van der Waals surface area contributed by atoms with Crippen LogP contribution in [0.3, 0.4) is 0 Å². The third kappa shape index (κ3) is 5.52. The highest BCUT2D eigenvalue weighted by Crippen LogP contribution is 2.16. The number of hydrogen-bond acceptors (Lipinski definition) is 3. The van der Waals surface area contributed by atoms with Crippen molar-refractivity contribution in [2.75, 3.05) is 19.6 Å². The lowest BCUT2D eigenvalue weighted by molar-refractivity contribution is 0.0957. The Hall–Kier alpha value is -0.580. The average Bonchev–Trinajstić information content (AvgIpc) is 2.76. The zero-order valence-corrected chi connectivity index (χ0v) is 12.0. The maximum Gasteiger partial charge on any atom is 0.261 e. The van der Waals surface area contributed by atoms with Crippen LogP contribution in [0.25, 0.3) is 0 Å². The number of rotatable bonds is 7. The van der Waals surface area contributed by atoms with E-state index in [-0.39, 0.29) is 18.3 Å². The minimum atomic E-state index is 0. The summed E-state index contributed by atoms with van der Waals surface area (Å²) < 4.78 is 0. The lowest BCUT2D eigenvalue weighted by atomic mass is 10.2. The predicted octanol–water partition coefficient (Wildman–Crippen LogP) is 2.46. The Morgan fingerprint density at radius 1 is 1.29 bits per heavy atom. The van der Waals surface area contributed by atoms with E-state index >= 15 is 0 Å². The number of halogens is 1. The molecule has 3 nitrogen and oxygen atoms in total. The van der Waals surface area contributed by atoms with Crippen molar-refractivity contribution in [2.24, 2.45) is 0 Å². The molecule has 0 aromatic carbocycles. The van der Waals surface area contributed by atoms with Gasteiger partial charge in [0.1, 0.15) is 0 Å². The van der Waals surface area contributed by atoms with E-state index in [4.69, 9.17) is 0 Å². The molecule has 1 rings (SSSR count). The molecule has 1 amide bonds. The Morgan fingerprint density at radius 3 is 2.71 bits per heavy atom. The van der Waals surface area contributed by atoms with Gasteiger partial charge in [-0.05, 0) is 36.4 Å². The van der Waals surface area contributed by atoms with Crippen molar-refractivity contribution in [3.8, 4) is 0 Å². The summed E-state index contributed by atoms with van der Waals surface area (Å²) in [6.07, 6.45) is 2.04. The second kappa shape index (κ2) is 9.45. The molecular weight excluding hydrogens is 256 g/mol. The molecule has 0 saturated carbocycles. The fourth-order valence-corrected chi connectivity index (χ4v) is 2.37. The molecule has 2 N–H and O–H groups in total. The van der Waals surface area contributed by atoms with Crippen molar-refractivity contribution in [3.63, 3.8) is 0 Å². The van der Waals surface area contributed by atoms with E-state index in [1.807, 2.05) is 11.4 Å². The number of carbonyl (C=O) groups is 1. The molecule has 0 aliphatic rings. The zero-order valence-electron chi connectivity index (χ0n) is 10.4. The van der Waals surface area contributed by atoms with Crippen LogP contribution in [0.15, 0.2) is 11.4 Å². The molecule has 0 aliphatic carbocycles. The summed E-state index contributed by atoms with van der Waals surface area (Å²) in [5.41, 5.74) is 1.14. The van der Waals surface area contributed by atoms with Crippen LogP contribution in [-0.4, -0.2) is 25.5 Å². The van der Waals surface area contributed by atoms with Crippen molar-refractivity contribution in [2.45, 2.75) is 26.7 Å². The summed E-state index contributed by atoms with van der Waals surface area (Å²) in [4.78, 5) is 12.6. The number of hydrogen-bond donors (Lipinski definition) is 2. The van der Waals surface area contributed by atoms with Gasteiger partial charge in [-0.25, -0.2) is 0 Å². The molecular formula is C12H21ClN2OS. The van der Waals surface area contributed by atoms with E-state index < -0.39 is 0 Å². The van der Waals surface area contributed by atoms with Gasteiger partial charge in [-0.3, -0.25) is 4.79 Å². The van der Waals surface area contributed by atoms with E-state index in [2.05, 4.69) is 24.5 Å². The first-order valence-corrected chi connectivity index (χ1v) is 6.72. The van der Waals surface area contributed by atoms with Crippen molar-refractivity contribution in [1.82, 2.24) is 10.6 Å². The van der Waals surface area contributed by atoms with Crippen molar-refractivity contribution >= 4 is 29.7 Å². The summed E-state index contributed by atoms with van der Waals surface area (Å²) in [5.74, 6) is 0.0603. The molecule has 0 atom stereocenters. The lowest BCUT2D eigenvalue weighted by Gasteiger charge is -2.06. The zero-order chi connectivity index (χ0) is 11.8. The molecule has 1 heterocycles. The minimum absolute atomic E-state index is 0. The minimum Gasteiger partial charge on any atom is -0.350 e. The maximum absolute atomic E-state index is 11.8. The molecule has 5 heteroatoms. The van der Waals surface area contributed by atoms with Crippen LogP contribution in [0.5, 0.6) is 0 Å². The normalized spacial score (nSPS) is 9.76. The molecule has 0 aliphatic heterocycles. The molecule has 1 aromatic heterocycles. The first kappa shape index (κ1) is 16.4. The van der Waals surface area contributed by atoms with Gasteiger partial charge in [-0.2, -0.15) is 0 Å². The fourth-order valence-electron chi connectivity index (χ4n) is 1.46. The van der Waals surface area contributed by atoms with Crippen molar-refractivity contribution in [3.05, 3.63) is 21.9 Å². The molecule has 17 heavy (non-hydrogen) atoms. The first-order chi connectivity index (χ1) is 7.79. The Balaban J connectivity index is 0.00000256. The smallest absolute Gasteiger partial charge is 0.261 e. The van der Waals surface area contributed by atoms with Gasteiger partial charge in [0.25, 0.3) is 5.91 Å². The van der Waals surface area contributed by atoms with Gasteiger partial charge in [0, 0.05) is 13.1 Å². The Morgan fingerprint density at radius 2 is 2.06 bits per heavy atom. The second-order valence-corrected chi connectivity index (χ2v) is 4.55. The third-order valence-electron chi connectivity index (χ3n) is 2.35. The summed E-state index contributed by atoms with van der Waals surface area (Å²) in [6, 6.07) is 2.02. The molecule has 0 bridgehead atoms. The van der Waals surface area contributed by atoms with E-state index in [0.29, 0.717) is 6.54 Å². The van der Waals surface area contributed by atoms with Crippen LogP contribution in [-0.2, 0) is 6.42 Å². The third-order valence-corrected chi connectivity index (χ3v) is 3.30. The van der Waals surface area contributed by atoms with Gasteiger partial charge in [0.05, 0.1) is 4.88 Å². The number of aryl methyl sites for hydroxylation is 1. The van der Waals surface area contributed by atoms with E-state index in [9.17, 15) is 4.79 Å². The van der Waals surface area contributed by atoms with Gasteiger partial charge in [-0.1, -0.05) is 13.8 Å². The number of amides is 1. The van der Waals surface area contributed by atoms with Gasteiger partial charge in [0.2, 0.25) is 0 Å².